The van der Waals surface area contributed by atoms with E-state index >= 15 is 0 Å². The second-order valence-corrected chi connectivity index (χ2v) is 35.7. The summed E-state index contributed by atoms with van der Waals surface area (Å²) in [5, 5.41) is 0. The third-order valence-corrected chi connectivity index (χ3v) is 29.0. The number of aryl methyl sites for hydroxylation is 1. The fourth-order valence-corrected chi connectivity index (χ4v) is 27.8. The van der Waals surface area contributed by atoms with E-state index in [-0.39, 0.29) is 51.9 Å². The van der Waals surface area contributed by atoms with Crippen molar-refractivity contribution in [2.45, 2.75) is 132 Å². The van der Waals surface area contributed by atoms with Crippen LogP contribution in [0.25, 0.3) is 22.3 Å². The van der Waals surface area contributed by atoms with Crippen LogP contribution in [0.3, 0.4) is 0 Å². The van der Waals surface area contributed by atoms with Gasteiger partial charge in [0.25, 0.3) is 0 Å². The molecule has 4 aliphatic carbocycles. The Morgan fingerprint density at radius 2 is 1.26 bits per heavy atom. The van der Waals surface area contributed by atoms with E-state index in [1.54, 1.807) is 12.1 Å². The third kappa shape index (κ3) is 6.20. The minimum atomic E-state index is -4.59. The Morgan fingerprint density at radius 1 is 0.722 bits per heavy atom. The topological polar surface area (TPSA) is 0 Å². The maximum atomic E-state index is 5.77. The van der Waals surface area contributed by atoms with Crippen molar-refractivity contribution in [3.8, 4) is 11.1 Å². The molecule has 3 heteroatoms. The summed E-state index contributed by atoms with van der Waals surface area (Å²) in [6, 6.07) is 20.1. The molecule has 0 saturated carbocycles. The number of allylic oxidation sites excluding steroid dienone is 8. The molecule has 0 saturated heterocycles. The Bertz CT molecular complexity index is 2260. The van der Waals surface area contributed by atoms with E-state index in [0.29, 0.717) is 5.92 Å². The molecule has 0 fully saturated rings. The second kappa shape index (κ2) is 13.0. The molecule has 3 aromatic rings. The van der Waals surface area contributed by atoms with Gasteiger partial charge in [0.2, 0.25) is 0 Å². The van der Waals surface area contributed by atoms with Gasteiger partial charge >= 0.3 is 320 Å². The van der Waals surface area contributed by atoms with Crippen LogP contribution in [0.2, 0.25) is 4.63 Å². The summed E-state index contributed by atoms with van der Waals surface area (Å²) in [4.78, 5) is 0. The van der Waals surface area contributed by atoms with Gasteiger partial charge in [-0.25, -0.2) is 0 Å². The summed E-state index contributed by atoms with van der Waals surface area (Å²) >= 11 is -4.59. The Morgan fingerprint density at radius 3 is 1.76 bits per heavy atom. The van der Waals surface area contributed by atoms with E-state index in [2.05, 4.69) is 175 Å². The van der Waals surface area contributed by atoms with Crippen LogP contribution in [0, 0.1) is 29.1 Å². The van der Waals surface area contributed by atoms with Crippen molar-refractivity contribution in [3.63, 3.8) is 0 Å². The zero-order valence-electron chi connectivity index (χ0n) is 36.4. The van der Waals surface area contributed by atoms with Crippen LogP contribution >= 0.6 is 24.8 Å². The molecule has 0 radical (unpaired) electrons. The van der Waals surface area contributed by atoms with Gasteiger partial charge in [-0.05, 0) is 0 Å². The van der Waals surface area contributed by atoms with E-state index in [1.165, 1.54) is 64.5 Å². The molecule has 1 unspecified atom stereocenters. The predicted molar refractivity (Wildman–Crippen MR) is 242 cm³/mol. The molecule has 0 amide bonds. The normalized spacial score (nSPS) is 19.9. The summed E-state index contributed by atoms with van der Waals surface area (Å²) in [6.45, 7) is 36.2. The zero-order valence-corrected chi connectivity index (χ0v) is 40.5. The molecule has 0 heterocycles. The molecule has 4 aliphatic rings. The van der Waals surface area contributed by atoms with Crippen LogP contribution < -0.4 is 3.27 Å². The van der Waals surface area contributed by atoms with E-state index in [9.17, 15) is 0 Å². The van der Waals surface area contributed by atoms with Gasteiger partial charge in [-0.2, -0.15) is 0 Å². The zero-order chi connectivity index (χ0) is 38.4. The number of benzene rings is 3. The number of rotatable bonds is 4. The monoisotopic (exact) mass is 840 g/mol. The molecular formula is C51H68Cl2Zr. The van der Waals surface area contributed by atoms with Crippen LogP contribution in [0.5, 0.6) is 0 Å². The van der Waals surface area contributed by atoms with E-state index in [1.807, 2.05) is 0 Å². The predicted octanol–water partition coefficient (Wildman–Crippen LogP) is 14.6. The average molecular weight is 843 g/mol. The van der Waals surface area contributed by atoms with E-state index in [4.69, 9.17) is 4.21 Å². The molecule has 0 spiro atoms. The Balaban J connectivity index is 0.00000280. The summed E-state index contributed by atoms with van der Waals surface area (Å²) in [7, 11) is 0. The van der Waals surface area contributed by atoms with Crippen molar-refractivity contribution < 1.29 is 18.3 Å². The fraction of sp³-hybridized carbons (Fsp3) is 0.471. The Hall–Kier alpha value is -2.05. The van der Waals surface area contributed by atoms with Gasteiger partial charge in [0.15, 0.2) is 0 Å². The van der Waals surface area contributed by atoms with Crippen LogP contribution in [0.4, 0.5) is 0 Å². The Labute approximate surface area is 342 Å². The first-order chi connectivity index (χ1) is 23.7. The van der Waals surface area contributed by atoms with Crippen LogP contribution in [-0.4, -0.2) is 4.21 Å². The van der Waals surface area contributed by atoms with Crippen molar-refractivity contribution in [3.05, 3.63) is 118 Å². The van der Waals surface area contributed by atoms with Gasteiger partial charge < -0.3 is 0 Å². The molecule has 54 heavy (non-hydrogen) atoms. The first-order valence-corrected chi connectivity index (χ1v) is 28.0. The molecule has 0 N–H and O–H groups in total. The first-order valence-electron chi connectivity index (χ1n) is 20.1. The summed E-state index contributed by atoms with van der Waals surface area (Å²) < 4.78 is 13.3. The molecule has 7 rings (SSSR count). The third-order valence-electron chi connectivity index (χ3n) is 13.7. The van der Waals surface area contributed by atoms with Crippen molar-refractivity contribution >= 4 is 43.4 Å². The number of hydrogen-bond acceptors (Lipinski definition) is 0. The summed E-state index contributed by atoms with van der Waals surface area (Å²) in [6.07, 6.45) is 9.92. The van der Waals surface area contributed by atoms with Crippen molar-refractivity contribution in [1.82, 2.24) is 0 Å². The number of halogens is 2. The fourth-order valence-electron chi connectivity index (χ4n) is 11.0. The summed E-state index contributed by atoms with van der Waals surface area (Å²) in [5.41, 5.74) is 17.7. The van der Waals surface area contributed by atoms with Crippen molar-refractivity contribution in [2.75, 3.05) is 0 Å². The first kappa shape index (κ1) is 43.1. The molecule has 0 aromatic heterocycles. The molecule has 0 nitrogen and oxygen atoms in total. The van der Waals surface area contributed by atoms with E-state index < -0.39 is 18.3 Å². The quantitative estimate of drug-likeness (QED) is 0.192. The van der Waals surface area contributed by atoms with Crippen LogP contribution in [-0.2, 0) is 35.5 Å². The average Bonchev–Trinajstić information content (AvgIpc) is 3.74. The molecule has 3 aromatic carbocycles. The van der Waals surface area contributed by atoms with Gasteiger partial charge in [-0.3, -0.25) is 0 Å². The molecule has 0 bridgehead atoms. The van der Waals surface area contributed by atoms with Crippen LogP contribution in [0.1, 0.15) is 142 Å². The standard InChI is InChI=1S/C31H37.C11H17.C7H7.CH3.CH2.2ClH.Zr/c1-28(2,3)26-16-30(7,8)24-12-18-11-19-13-25-23(15-21(19)20(18)14-22(24)26)27(29(4,5)6)17-31(25,9)10;1-5-9-6-7-10(8-9)11(2,3)4;1-7-5-3-2-4-6-7;;;;;/h12-16H,11H2,1-10H3;7-9H,5H2,1-4H3;3-6H,1H3;1H3;1H2;2*1H;. The van der Waals surface area contributed by atoms with Crippen LogP contribution in [0.15, 0.2) is 78.9 Å². The van der Waals surface area contributed by atoms with Crippen molar-refractivity contribution in [2.24, 2.45) is 22.2 Å². The summed E-state index contributed by atoms with van der Waals surface area (Å²) in [5.74, 6) is 0.408. The van der Waals surface area contributed by atoms with Gasteiger partial charge in [0.1, 0.15) is 0 Å². The van der Waals surface area contributed by atoms with E-state index in [0.717, 1.165) is 12.8 Å². The molecule has 1 atom stereocenters. The molecule has 290 valence electrons. The SMILES string of the molecule is Cl.Cl.[CH2]=[Zr]([CH3])([C]1=CC(C(C)(C)C)=CC1CC)([C]1=C(C(C)(C)C)c2cc3c(cc2C1(C)C)Cc1cc2c(cc1-3)C(C(C)(C)C)=CC2(C)C)[c]1ccc(C)cc1. The van der Waals surface area contributed by atoms with Crippen molar-refractivity contribution in [1.29, 1.82) is 0 Å². The van der Waals surface area contributed by atoms with Gasteiger partial charge in [-0.1, -0.05) is 0 Å². The Kier molecular flexibility index (Phi) is 10.4. The minimum absolute atomic E-state index is 0. The van der Waals surface area contributed by atoms with Gasteiger partial charge in [0.05, 0.1) is 0 Å². The molecular weight excluding hydrogens is 775 g/mol. The second-order valence-electron chi connectivity index (χ2n) is 21.8. The van der Waals surface area contributed by atoms with Gasteiger partial charge in [-0.15, -0.1) is 24.8 Å². The number of fused-ring (bicyclic) bond motifs is 5. The number of hydrogen-bond donors (Lipinski definition) is 0. The maximum absolute atomic E-state index is 5.77. The van der Waals surface area contributed by atoms with Gasteiger partial charge in [0, 0.05) is 0 Å². The molecule has 0 aliphatic heterocycles.